The van der Waals surface area contributed by atoms with E-state index >= 15 is 0 Å². The number of hydrogen-bond donors (Lipinski definition) is 2. The van der Waals surface area contributed by atoms with Gasteiger partial charge in [-0.25, -0.2) is 0 Å². The number of nitrogens with zero attached hydrogens (tertiary/aromatic N) is 2. The largest absolute Gasteiger partial charge is 0.392 e. The molecule has 1 aliphatic rings. The van der Waals surface area contributed by atoms with E-state index in [4.69, 9.17) is 4.52 Å². The Balaban J connectivity index is 1.91. The van der Waals surface area contributed by atoms with Gasteiger partial charge in [-0.1, -0.05) is 19.0 Å². The van der Waals surface area contributed by atoms with Crippen LogP contribution in [-0.2, 0) is 6.42 Å². The van der Waals surface area contributed by atoms with Gasteiger partial charge >= 0.3 is 0 Å². The highest BCUT2D eigenvalue weighted by Crippen LogP contribution is 2.22. The minimum atomic E-state index is -0.295. The second-order valence-corrected chi connectivity index (χ2v) is 4.83. The van der Waals surface area contributed by atoms with Gasteiger partial charge < -0.3 is 14.9 Å². The summed E-state index contributed by atoms with van der Waals surface area (Å²) in [4.78, 5) is 4.35. The molecule has 0 amide bonds. The molecule has 2 heterocycles. The van der Waals surface area contributed by atoms with Crippen LogP contribution >= 0.6 is 0 Å². The predicted octanol–water partition coefficient (Wildman–Crippen LogP) is 1.05. The lowest BCUT2D eigenvalue weighted by molar-refractivity contribution is 0.191. The van der Waals surface area contributed by atoms with Gasteiger partial charge in [-0.05, 0) is 18.8 Å². The molecule has 2 unspecified atom stereocenters. The first-order chi connectivity index (χ1) is 7.65. The molecule has 2 atom stereocenters. The SMILES string of the molecule is CC(C)CCc1noc(C2CC(O)CN2)n1. The number of aliphatic hydroxyl groups excluding tert-OH is 1. The Kier molecular flexibility index (Phi) is 3.56. The summed E-state index contributed by atoms with van der Waals surface area (Å²) in [6, 6.07) is 0.0234. The summed E-state index contributed by atoms with van der Waals surface area (Å²) >= 11 is 0. The molecular formula is C11H19N3O2. The molecule has 0 spiro atoms. The maximum Gasteiger partial charge on any atom is 0.243 e. The molecule has 1 fully saturated rings. The molecule has 5 heteroatoms. The number of aliphatic hydroxyl groups is 1. The third-order valence-electron chi connectivity index (χ3n) is 2.83. The molecule has 0 bridgehead atoms. The minimum Gasteiger partial charge on any atom is -0.392 e. The summed E-state index contributed by atoms with van der Waals surface area (Å²) < 4.78 is 5.19. The van der Waals surface area contributed by atoms with Gasteiger partial charge in [-0.3, -0.25) is 0 Å². The summed E-state index contributed by atoms with van der Waals surface area (Å²) in [6.07, 6.45) is 2.29. The third kappa shape index (κ3) is 2.80. The number of aryl methyl sites for hydroxylation is 1. The van der Waals surface area contributed by atoms with Crippen LogP contribution in [0, 0.1) is 5.92 Å². The van der Waals surface area contributed by atoms with Crippen molar-refractivity contribution in [3.05, 3.63) is 11.7 Å². The Hall–Kier alpha value is -0.940. The highest BCUT2D eigenvalue weighted by Gasteiger charge is 2.27. The zero-order chi connectivity index (χ0) is 11.5. The van der Waals surface area contributed by atoms with Crippen molar-refractivity contribution in [2.45, 2.75) is 45.3 Å². The average molecular weight is 225 g/mol. The van der Waals surface area contributed by atoms with Crippen LogP contribution in [0.3, 0.4) is 0 Å². The van der Waals surface area contributed by atoms with Gasteiger partial charge in [0.15, 0.2) is 5.82 Å². The second-order valence-electron chi connectivity index (χ2n) is 4.83. The highest BCUT2D eigenvalue weighted by atomic mass is 16.5. The first kappa shape index (κ1) is 11.5. The molecule has 2 N–H and O–H groups in total. The van der Waals surface area contributed by atoms with Gasteiger partial charge in [0, 0.05) is 13.0 Å². The molecule has 90 valence electrons. The second kappa shape index (κ2) is 4.93. The van der Waals surface area contributed by atoms with E-state index in [0.717, 1.165) is 18.7 Å². The zero-order valence-electron chi connectivity index (χ0n) is 9.81. The van der Waals surface area contributed by atoms with E-state index in [2.05, 4.69) is 29.3 Å². The van der Waals surface area contributed by atoms with E-state index in [9.17, 15) is 5.11 Å². The van der Waals surface area contributed by atoms with Crippen molar-refractivity contribution in [2.24, 2.45) is 5.92 Å². The lowest BCUT2D eigenvalue weighted by Gasteiger charge is -2.01. The van der Waals surface area contributed by atoms with Gasteiger partial charge in [0.1, 0.15) is 0 Å². The molecule has 0 aliphatic carbocycles. The van der Waals surface area contributed by atoms with Crippen LogP contribution < -0.4 is 5.32 Å². The maximum atomic E-state index is 9.39. The number of nitrogens with one attached hydrogen (secondary N) is 1. The van der Waals surface area contributed by atoms with Crippen LogP contribution in [0.5, 0.6) is 0 Å². The van der Waals surface area contributed by atoms with E-state index < -0.39 is 0 Å². The molecule has 0 saturated carbocycles. The Morgan fingerprint density at radius 2 is 2.38 bits per heavy atom. The third-order valence-corrected chi connectivity index (χ3v) is 2.83. The van der Waals surface area contributed by atoms with E-state index in [1.54, 1.807) is 0 Å². The first-order valence-electron chi connectivity index (χ1n) is 5.89. The fraction of sp³-hybridized carbons (Fsp3) is 0.818. The van der Waals surface area contributed by atoms with E-state index in [1.165, 1.54) is 0 Å². The fourth-order valence-electron chi connectivity index (χ4n) is 1.83. The van der Waals surface area contributed by atoms with Crippen LogP contribution in [0.4, 0.5) is 0 Å². The molecule has 16 heavy (non-hydrogen) atoms. The molecule has 2 rings (SSSR count). The number of rotatable bonds is 4. The molecule has 1 aromatic heterocycles. The lowest BCUT2D eigenvalue weighted by atomic mass is 10.1. The Bertz CT molecular complexity index is 338. The molecular weight excluding hydrogens is 206 g/mol. The zero-order valence-corrected chi connectivity index (χ0v) is 9.81. The highest BCUT2D eigenvalue weighted by molar-refractivity contribution is 4.97. The van der Waals surface area contributed by atoms with Crippen molar-refractivity contribution >= 4 is 0 Å². The maximum absolute atomic E-state index is 9.39. The van der Waals surface area contributed by atoms with Crippen molar-refractivity contribution in [1.82, 2.24) is 15.5 Å². The minimum absolute atomic E-state index is 0.0234. The predicted molar refractivity (Wildman–Crippen MR) is 58.8 cm³/mol. The molecule has 1 aliphatic heterocycles. The number of aromatic nitrogens is 2. The first-order valence-corrected chi connectivity index (χ1v) is 5.89. The Morgan fingerprint density at radius 3 is 3.00 bits per heavy atom. The average Bonchev–Trinajstić information content (AvgIpc) is 2.83. The van der Waals surface area contributed by atoms with Crippen molar-refractivity contribution in [2.75, 3.05) is 6.54 Å². The topological polar surface area (TPSA) is 71.2 Å². The smallest absolute Gasteiger partial charge is 0.243 e. The Labute approximate surface area is 95.2 Å². The lowest BCUT2D eigenvalue weighted by Crippen LogP contribution is -2.15. The molecule has 5 nitrogen and oxygen atoms in total. The van der Waals surface area contributed by atoms with Crippen molar-refractivity contribution < 1.29 is 9.63 Å². The van der Waals surface area contributed by atoms with Crippen LogP contribution in [0.1, 0.15) is 44.4 Å². The van der Waals surface area contributed by atoms with Crippen LogP contribution in [0.2, 0.25) is 0 Å². The molecule has 1 aromatic rings. The molecule has 0 radical (unpaired) electrons. The summed E-state index contributed by atoms with van der Waals surface area (Å²) in [7, 11) is 0. The summed E-state index contributed by atoms with van der Waals surface area (Å²) in [6.45, 7) is 4.96. The van der Waals surface area contributed by atoms with Crippen LogP contribution in [0.15, 0.2) is 4.52 Å². The summed E-state index contributed by atoms with van der Waals surface area (Å²) in [5.74, 6) is 2.02. The summed E-state index contributed by atoms with van der Waals surface area (Å²) in [5, 5.41) is 16.5. The van der Waals surface area contributed by atoms with Crippen LogP contribution in [0.25, 0.3) is 0 Å². The summed E-state index contributed by atoms with van der Waals surface area (Å²) in [5.41, 5.74) is 0. The molecule has 0 aromatic carbocycles. The molecule has 1 saturated heterocycles. The van der Waals surface area contributed by atoms with E-state index in [1.807, 2.05) is 0 Å². The normalized spacial score (nSPS) is 25.5. The quantitative estimate of drug-likeness (QED) is 0.801. The van der Waals surface area contributed by atoms with Crippen molar-refractivity contribution in [3.63, 3.8) is 0 Å². The van der Waals surface area contributed by atoms with Crippen LogP contribution in [-0.4, -0.2) is 27.9 Å². The van der Waals surface area contributed by atoms with Crippen molar-refractivity contribution in [3.8, 4) is 0 Å². The standard InChI is InChI=1S/C11H19N3O2/c1-7(2)3-4-10-13-11(16-14-10)9-5-8(15)6-12-9/h7-9,12,15H,3-6H2,1-2H3. The van der Waals surface area contributed by atoms with Gasteiger partial charge in [0.05, 0.1) is 12.1 Å². The van der Waals surface area contributed by atoms with E-state index in [0.29, 0.717) is 24.8 Å². The van der Waals surface area contributed by atoms with Gasteiger partial charge in [0.2, 0.25) is 5.89 Å². The Morgan fingerprint density at radius 1 is 1.56 bits per heavy atom. The van der Waals surface area contributed by atoms with Gasteiger partial charge in [-0.15, -0.1) is 0 Å². The van der Waals surface area contributed by atoms with Gasteiger partial charge in [0.25, 0.3) is 0 Å². The van der Waals surface area contributed by atoms with Crippen molar-refractivity contribution in [1.29, 1.82) is 0 Å². The van der Waals surface area contributed by atoms with Gasteiger partial charge in [-0.2, -0.15) is 4.98 Å². The van der Waals surface area contributed by atoms with E-state index in [-0.39, 0.29) is 12.1 Å². The number of β-amino-alcohol motifs (C(OH)–C–C–N with tert-alkyl or cyclic N) is 1. The number of hydrogen-bond acceptors (Lipinski definition) is 5. The fourth-order valence-corrected chi connectivity index (χ4v) is 1.83. The monoisotopic (exact) mass is 225 g/mol.